The Kier molecular flexibility index (Phi) is 7.76. The Labute approximate surface area is 154 Å². The number of aliphatic hydroxyl groups is 1. The van der Waals surface area contributed by atoms with Crippen LogP contribution in [0.3, 0.4) is 0 Å². The van der Waals surface area contributed by atoms with Crippen LogP contribution < -0.4 is 10.2 Å². The quantitative estimate of drug-likeness (QED) is 0.721. The van der Waals surface area contributed by atoms with Crippen molar-refractivity contribution in [3.8, 4) is 0 Å². The van der Waals surface area contributed by atoms with E-state index in [2.05, 4.69) is 5.32 Å². The molecular formula is C20H25ClN2O2. The molecule has 0 bridgehead atoms. The third-order valence-electron chi connectivity index (χ3n) is 4.01. The van der Waals surface area contributed by atoms with Crippen LogP contribution in [0.1, 0.15) is 18.9 Å². The molecule has 0 aliphatic carbocycles. The van der Waals surface area contributed by atoms with Gasteiger partial charge in [0.2, 0.25) is 5.91 Å². The normalized spacial score (nSPS) is 11.8. The van der Waals surface area contributed by atoms with Gasteiger partial charge in [0.1, 0.15) is 0 Å². The number of nitrogens with zero attached hydrogens (tertiary/aromatic N) is 1. The van der Waals surface area contributed by atoms with Gasteiger partial charge in [-0.2, -0.15) is 0 Å². The second kappa shape index (κ2) is 10.1. The average molecular weight is 361 g/mol. The van der Waals surface area contributed by atoms with Crippen LogP contribution in [0, 0.1) is 0 Å². The standard InChI is InChI=1S/C20H25ClN2O2/c1-2-19(24)14-23(18-6-4-3-5-7-18)15-20(25)22-13-12-16-8-10-17(21)11-9-16/h3-11,19,24H,2,12-15H2,1H3,(H,22,25). The van der Waals surface area contributed by atoms with E-state index in [1.807, 2.05) is 66.4 Å². The Morgan fingerprint density at radius 3 is 2.48 bits per heavy atom. The smallest absolute Gasteiger partial charge is 0.239 e. The Balaban J connectivity index is 1.87. The number of halogens is 1. The van der Waals surface area contributed by atoms with E-state index < -0.39 is 6.10 Å². The zero-order valence-electron chi connectivity index (χ0n) is 14.5. The lowest BCUT2D eigenvalue weighted by Crippen LogP contribution is -2.41. The molecule has 0 saturated carbocycles. The highest BCUT2D eigenvalue weighted by molar-refractivity contribution is 6.30. The molecule has 1 atom stereocenters. The van der Waals surface area contributed by atoms with Gasteiger partial charge < -0.3 is 15.3 Å². The molecule has 4 nitrogen and oxygen atoms in total. The van der Waals surface area contributed by atoms with E-state index in [1.165, 1.54) is 0 Å². The third-order valence-corrected chi connectivity index (χ3v) is 4.26. The largest absolute Gasteiger partial charge is 0.391 e. The van der Waals surface area contributed by atoms with Gasteiger partial charge in [-0.05, 0) is 42.7 Å². The molecule has 0 spiro atoms. The summed E-state index contributed by atoms with van der Waals surface area (Å²) >= 11 is 5.87. The van der Waals surface area contributed by atoms with Gasteiger partial charge in [-0.15, -0.1) is 0 Å². The lowest BCUT2D eigenvalue weighted by Gasteiger charge is -2.26. The maximum absolute atomic E-state index is 12.3. The van der Waals surface area contributed by atoms with Crippen molar-refractivity contribution in [2.75, 3.05) is 24.5 Å². The van der Waals surface area contributed by atoms with Crippen molar-refractivity contribution in [2.24, 2.45) is 0 Å². The summed E-state index contributed by atoms with van der Waals surface area (Å²) in [6.45, 7) is 3.16. The van der Waals surface area contributed by atoms with Gasteiger partial charge in [-0.1, -0.05) is 48.9 Å². The molecule has 0 aliphatic heterocycles. The van der Waals surface area contributed by atoms with Crippen molar-refractivity contribution in [1.82, 2.24) is 5.32 Å². The lowest BCUT2D eigenvalue weighted by molar-refractivity contribution is -0.119. The molecule has 0 radical (unpaired) electrons. The molecule has 25 heavy (non-hydrogen) atoms. The van der Waals surface area contributed by atoms with Crippen LogP contribution >= 0.6 is 11.6 Å². The predicted molar refractivity (Wildman–Crippen MR) is 103 cm³/mol. The molecule has 0 heterocycles. The fourth-order valence-corrected chi connectivity index (χ4v) is 2.64. The van der Waals surface area contributed by atoms with E-state index in [0.717, 1.165) is 17.7 Å². The van der Waals surface area contributed by atoms with Crippen LogP contribution in [-0.4, -0.2) is 36.8 Å². The molecule has 2 N–H and O–H groups in total. The Morgan fingerprint density at radius 2 is 1.84 bits per heavy atom. The van der Waals surface area contributed by atoms with Crippen LogP contribution in [0.15, 0.2) is 54.6 Å². The summed E-state index contributed by atoms with van der Waals surface area (Å²) in [5.41, 5.74) is 2.06. The van der Waals surface area contributed by atoms with Crippen LogP contribution in [-0.2, 0) is 11.2 Å². The van der Waals surface area contributed by atoms with E-state index in [0.29, 0.717) is 24.5 Å². The zero-order valence-corrected chi connectivity index (χ0v) is 15.2. The number of hydrogen-bond donors (Lipinski definition) is 2. The number of benzene rings is 2. The molecule has 0 saturated heterocycles. The van der Waals surface area contributed by atoms with Crippen molar-refractivity contribution in [3.05, 3.63) is 65.2 Å². The Hall–Kier alpha value is -2.04. The van der Waals surface area contributed by atoms with Gasteiger partial charge in [0.05, 0.1) is 12.6 Å². The number of carbonyl (C=O) groups excluding carboxylic acids is 1. The van der Waals surface area contributed by atoms with Crippen molar-refractivity contribution >= 4 is 23.2 Å². The van der Waals surface area contributed by atoms with Gasteiger partial charge in [0.15, 0.2) is 0 Å². The van der Waals surface area contributed by atoms with E-state index in [9.17, 15) is 9.90 Å². The number of hydrogen-bond acceptors (Lipinski definition) is 3. The molecule has 1 amide bonds. The number of nitrogens with one attached hydrogen (secondary N) is 1. The molecule has 2 aromatic carbocycles. The van der Waals surface area contributed by atoms with Gasteiger partial charge in [0, 0.05) is 23.8 Å². The highest BCUT2D eigenvalue weighted by Gasteiger charge is 2.14. The minimum atomic E-state index is -0.456. The van der Waals surface area contributed by atoms with Gasteiger partial charge in [-0.25, -0.2) is 0 Å². The van der Waals surface area contributed by atoms with Crippen LogP contribution in [0.5, 0.6) is 0 Å². The minimum absolute atomic E-state index is 0.0545. The first-order chi connectivity index (χ1) is 12.1. The first-order valence-corrected chi connectivity index (χ1v) is 8.95. The predicted octanol–water partition coefficient (Wildman–Crippen LogP) is 3.28. The van der Waals surface area contributed by atoms with Crippen LogP contribution in [0.4, 0.5) is 5.69 Å². The molecule has 0 aromatic heterocycles. The van der Waals surface area contributed by atoms with E-state index in [4.69, 9.17) is 11.6 Å². The summed E-state index contributed by atoms with van der Waals surface area (Å²) in [5.74, 6) is -0.0545. The second-order valence-electron chi connectivity index (χ2n) is 6.00. The lowest BCUT2D eigenvalue weighted by atomic mass is 10.1. The third kappa shape index (κ3) is 6.77. The summed E-state index contributed by atoms with van der Waals surface area (Å²) in [6, 6.07) is 17.3. The fourth-order valence-electron chi connectivity index (χ4n) is 2.51. The Morgan fingerprint density at radius 1 is 1.16 bits per heavy atom. The second-order valence-corrected chi connectivity index (χ2v) is 6.44. The molecule has 0 fully saturated rings. The van der Waals surface area contributed by atoms with E-state index in [-0.39, 0.29) is 12.5 Å². The van der Waals surface area contributed by atoms with Gasteiger partial charge in [0.25, 0.3) is 0 Å². The average Bonchev–Trinajstić information content (AvgIpc) is 2.63. The van der Waals surface area contributed by atoms with E-state index >= 15 is 0 Å². The Bertz CT molecular complexity index is 647. The summed E-state index contributed by atoms with van der Waals surface area (Å²) in [7, 11) is 0. The van der Waals surface area contributed by atoms with E-state index in [1.54, 1.807) is 0 Å². The van der Waals surface area contributed by atoms with Gasteiger partial charge >= 0.3 is 0 Å². The molecular weight excluding hydrogens is 336 g/mol. The monoisotopic (exact) mass is 360 g/mol. The molecule has 5 heteroatoms. The maximum Gasteiger partial charge on any atom is 0.239 e. The number of anilines is 1. The number of aliphatic hydroxyl groups excluding tert-OH is 1. The molecule has 0 aliphatic rings. The van der Waals surface area contributed by atoms with Crippen LogP contribution in [0.25, 0.3) is 0 Å². The molecule has 1 unspecified atom stereocenters. The number of para-hydroxylation sites is 1. The van der Waals surface area contributed by atoms with Gasteiger partial charge in [-0.3, -0.25) is 4.79 Å². The van der Waals surface area contributed by atoms with Crippen LogP contribution in [0.2, 0.25) is 5.02 Å². The molecule has 2 rings (SSSR count). The van der Waals surface area contributed by atoms with Crippen molar-refractivity contribution in [1.29, 1.82) is 0 Å². The maximum atomic E-state index is 12.3. The molecule has 134 valence electrons. The summed E-state index contributed by atoms with van der Waals surface area (Å²) in [6.07, 6.45) is 0.954. The highest BCUT2D eigenvalue weighted by atomic mass is 35.5. The summed E-state index contributed by atoms with van der Waals surface area (Å²) in [4.78, 5) is 14.2. The zero-order chi connectivity index (χ0) is 18.1. The molecule has 2 aromatic rings. The SMILES string of the molecule is CCC(O)CN(CC(=O)NCCc1ccc(Cl)cc1)c1ccccc1. The summed E-state index contributed by atoms with van der Waals surface area (Å²) < 4.78 is 0. The topological polar surface area (TPSA) is 52.6 Å². The minimum Gasteiger partial charge on any atom is -0.391 e. The fraction of sp³-hybridized carbons (Fsp3) is 0.350. The number of rotatable bonds is 9. The first kappa shape index (κ1) is 19.3. The summed E-state index contributed by atoms with van der Waals surface area (Å²) in [5, 5.41) is 13.6. The van der Waals surface area contributed by atoms with Crippen molar-refractivity contribution < 1.29 is 9.90 Å². The number of amides is 1. The van der Waals surface area contributed by atoms with Crippen molar-refractivity contribution in [2.45, 2.75) is 25.9 Å². The highest BCUT2D eigenvalue weighted by Crippen LogP contribution is 2.14. The van der Waals surface area contributed by atoms with Crippen molar-refractivity contribution in [3.63, 3.8) is 0 Å². The first-order valence-electron chi connectivity index (χ1n) is 8.57. The number of carbonyl (C=O) groups is 1.